The van der Waals surface area contributed by atoms with Crippen LogP contribution in [0.25, 0.3) is 5.76 Å². The van der Waals surface area contributed by atoms with E-state index >= 15 is 0 Å². The first-order chi connectivity index (χ1) is 10.9. The quantitative estimate of drug-likeness (QED) is 0.734. The van der Waals surface area contributed by atoms with Gasteiger partial charge in [-0.3, -0.25) is 4.98 Å². The predicted octanol–water partition coefficient (Wildman–Crippen LogP) is 2.23. The van der Waals surface area contributed by atoms with Crippen molar-refractivity contribution in [3.8, 4) is 0 Å². The summed E-state index contributed by atoms with van der Waals surface area (Å²) in [7, 11) is 1.26. The smallest absolute Gasteiger partial charge is 0.277 e. The Labute approximate surface area is 137 Å². The molecule has 0 atom stereocenters. The number of aliphatic hydroxyl groups is 1. The molecule has 4 nitrogen and oxygen atoms in total. The number of thiophene rings is 1. The molecule has 0 fully saturated rings. The molecule has 1 radical (unpaired) electrons. The lowest BCUT2D eigenvalue weighted by Crippen LogP contribution is -2.34. The number of aliphatic hydroxyl groups excluding tert-OH is 1. The summed E-state index contributed by atoms with van der Waals surface area (Å²) in [6.07, 6.45) is 0. The van der Waals surface area contributed by atoms with E-state index in [1.807, 2.05) is 17.5 Å². The molecule has 1 aliphatic rings. The molecule has 3 heterocycles. The Morgan fingerprint density at radius 3 is 2.91 bits per heavy atom. The number of nitrogens with one attached hydrogen (secondary N) is 1. The topological polar surface area (TPSA) is 71.2 Å². The number of nitrogens with zero attached hydrogens (tertiary/aromatic N) is 1. The summed E-state index contributed by atoms with van der Waals surface area (Å²) in [5, 5.41) is 15.3. The number of nitrogens with two attached hydrogens (primary N) is 1. The monoisotopic (exact) mass is 334 g/mol. The fraction of sp³-hybridized carbons (Fsp3) is 0.267. The summed E-state index contributed by atoms with van der Waals surface area (Å²) in [5.74, 6) is -3.79. The number of fused-ring (bicyclic) bond motifs is 1. The average Bonchev–Trinajstić information content (AvgIpc) is 3.14. The van der Waals surface area contributed by atoms with Crippen molar-refractivity contribution < 1.29 is 13.9 Å². The van der Waals surface area contributed by atoms with Crippen molar-refractivity contribution in [2.75, 3.05) is 11.9 Å². The van der Waals surface area contributed by atoms with Crippen LogP contribution in [0.2, 0.25) is 0 Å². The molecule has 0 aromatic carbocycles. The third kappa shape index (κ3) is 2.96. The highest BCUT2D eigenvalue weighted by Gasteiger charge is 2.41. The Morgan fingerprint density at radius 2 is 2.26 bits per heavy atom. The Morgan fingerprint density at radius 1 is 1.48 bits per heavy atom. The van der Waals surface area contributed by atoms with Gasteiger partial charge in [0, 0.05) is 28.3 Å². The number of aryl methyl sites for hydroxylation is 1. The summed E-state index contributed by atoms with van der Waals surface area (Å²) in [4.78, 5) is 5.31. The van der Waals surface area contributed by atoms with Gasteiger partial charge in [0.2, 0.25) is 7.28 Å². The molecule has 2 aromatic heterocycles. The normalized spacial score (nSPS) is 13.9. The van der Waals surface area contributed by atoms with Crippen molar-refractivity contribution in [1.82, 2.24) is 4.98 Å². The van der Waals surface area contributed by atoms with E-state index in [9.17, 15) is 13.9 Å². The minimum absolute atomic E-state index is 0.168. The van der Waals surface area contributed by atoms with Gasteiger partial charge in [0.15, 0.2) is 0 Å². The van der Waals surface area contributed by atoms with Crippen LogP contribution in [-0.2, 0) is 6.54 Å². The summed E-state index contributed by atoms with van der Waals surface area (Å²) >= 11 is 1.60. The lowest BCUT2D eigenvalue weighted by molar-refractivity contribution is 0.0588. The Hall–Kier alpha value is -1.93. The van der Waals surface area contributed by atoms with Crippen LogP contribution in [0.15, 0.2) is 29.1 Å². The fourth-order valence-corrected chi connectivity index (χ4v) is 3.13. The number of aromatic nitrogens is 1. The zero-order valence-electron chi connectivity index (χ0n) is 12.4. The zero-order valence-corrected chi connectivity index (χ0v) is 13.3. The van der Waals surface area contributed by atoms with Crippen LogP contribution in [0.3, 0.4) is 0 Å². The highest BCUT2D eigenvalue weighted by atomic mass is 32.1. The van der Waals surface area contributed by atoms with Crippen LogP contribution in [0.1, 0.15) is 16.3 Å². The average molecular weight is 334 g/mol. The van der Waals surface area contributed by atoms with Crippen LogP contribution in [0, 0.1) is 6.92 Å². The molecule has 2 aromatic rings. The number of alkyl halides is 2. The van der Waals surface area contributed by atoms with Gasteiger partial charge < -0.3 is 16.2 Å². The third-order valence-corrected chi connectivity index (χ3v) is 4.51. The van der Waals surface area contributed by atoms with Gasteiger partial charge in [-0.05, 0) is 29.9 Å². The molecule has 23 heavy (non-hydrogen) atoms. The molecular weight excluding hydrogens is 319 g/mol. The van der Waals surface area contributed by atoms with Gasteiger partial charge in [-0.15, -0.1) is 11.3 Å². The van der Waals surface area contributed by atoms with Crippen molar-refractivity contribution in [3.05, 3.63) is 45.3 Å². The maximum Gasteiger partial charge on any atom is 0.277 e. The SMILES string of the molecule is Cc1cc(NCc2cccs2)c2c(n1)C(O)=C(C(F)(F)CN)[B]2. The molecule has 1 aliphatic heterocycles. The molecule has 0 saturated carbocycles. The maximum atomic E-state index is 13.9. The molecule has 4 N–H and O–H groups in total. The number of hydrogen-bond donors (Lipinski definition) is 3. The summed E-state index contributed by atoms with van der Waals surface area (Å²) in [6, 6.07) is 5.71. The van der Waals surface area contributed by atoms with Crippen LogP contribution in [-0.4, -0.2) is 29.8 Å². The molecule has 0 spiro atoms. The first-order valence-electron chi connectivity index (χ1n) is 7.07. The van der Waals surface area contributed by atoms with E-state index in [2.05, 4.69) is 10.3 Å². The molecular formula is C15H15BF2N3OS. The lowest BCUT2D eigenvalue weighted by atomic mass is 9.64. The third-order valence-electron chi connectivity index (χ3n) is 3.64. The molecule has 0 aliphatic carbocycles. The van der Waals surface area contributed by atoms with Gasteiger partial charge in [0.05, 0.1) is 6.54 Å². The van der Waals surface area contributed by atoms with E-state index in [0.29, 0.717) is 23.4 Å². The van der Waals surface area contributed by atoms with Crippen LogP contribution < -0.4 is 16.5 Å². The molecule has 0 amide bonds. The van der Waals surface area contributed by atoms with E-state index < -0.39 is 23.7 Å². The van der Waals surface area contributed by atoms with E-state index in [0.717, 1.165) is 4.88 Å². The second kappa shape index (κ2) is 5.94. The van der Waals surface area contributed by atoms with E-state index in [1.54, 1.807) is 24.3 Å². The van der Waals surface area contributed by atoms with Gasteiger partial charge >= 0.3 is 0 Å². The zero-order chi connectivity index (χ0) is 16.6. The second-order valence-corrected chi connectivity index (χ2v) is 6.35. The number of anilines is 1. The largest absolute Gasteiger partial charge is 0.506 e. The van der Waals surface area contributed by atoms with Crippen molar-refractivity contribution in [2.24, 2.45) is 5.73 Å². The molecule has 119 valence electrons. The van der Waals surface area contributed by atoms with Gasteiger partial charge in [-0.2, -0.15) is 0 Å². The van der Waals surface area contributed by atoms with Gasteiger partial charge in [0.1, 0.15) is 11.5 Å². The molecule has 0 unspecified atom stereocenters. The van der Waals surface area contributed by atoms with E-state index in [-0.39, 0.29) is 5.69 Å². The Balaban J connectivity index is 1.93. The number of pyridine rings is 1. The number of halogens is 2. The first-order valence-corrected chi connectivity index (χ1v) is 7.95. The van der Waals surface area contributed by atoms with Crippen molar-refractivity contribution in [3.63, 3.8) is 0 Å². The van der Waals surface area contributed by atoms with Gasteiger partial charge in [-0.25, -0.2) is 8.78 Å². The molecule has 8 heteroatoms. The number of rotatable bonds is 5. The molecule has 0 saturated heterocycles. The summed E-state index contributed by atoms with van der Waals surface area (Å²) < 4.78 is 27.8. The maximum absolute atomic E-state index is 13.9. The minimum Gasteiger partial charge on any atom is -0.506 e. The predicted molar refractivity (Wildman–Crippen MR) is 89.6 cm³/mol. The molecule has 0 bridgehead atoms. The lowest BCUT2D eigenvalue weighted by Gasteiger charge is -2.15. The highest BCUT2D eigenvalue weighted by Crippen LogP contribution is 2.33. The van der Waals surface area contributed by atoms with Crippen LogP contribution in [0.5, 0.6) is 0 Å². The Kier molecular flexibility index (Phi) is 4.12. The van der Waals surface area contributed by atoms with Gasteiger partial charge in [0.25, 0.3) is 5.92 Å². The van der Waals surface area contributed by atoms with Crippen LogP contribution in [0.4, 0.5) is 14.5 Å². The standard InChI is InChI=1S/C15H15BF2N3OS/c1-8-5-10(20-6-9-3-2-4-23-9)11-12(21-8)13(22)14(16-11)15(17,18)7-19/h2-5,22H,6-7,19H2,1H3,(H,20,21). The van der Waals surface area contributed by atoms with Gasteiger partial charge in [-0.1, -0.05) is 6.07 Å². The number of hydrogen-bond acceptors (Lipinski definition) is 5. The molecule has 3 rings (SSSR count). The minimum atomic E-state index is -3.29. The van der Waals surface area contributed by atoms with Crippen molar-refractivity contribution in [2.45, 2.75) is 19.4 Å². The van der Waals surface area contributed by atoms with E-state index in [1.165, 1.54) is 7.28 Å². The highest BCUT2D eigenvalue weighted by molar-refractivity contribution is 7.09. The Bertz CT molecular complexity index is 762. The summed E-state index contributed by atoms with van der Waals surface area (Å²) in [6.45, 7) is 1.46. The first kappa shape index (κ1) is 16.0. The summed E-state index contributed by atoms with van der Waals surface area (Å²) in [5.41, 5.74) is 6.57. The van der Waals surface area contributed by atoms with E-state index in [4.69, 9.17) is 5.73 Å². The fourth-order valence-electron chi connectivity index (χ4n) is 2.48. The second-order valence-electron chi connectivity index (χ2n) is 5.32. The van der Waals surface area contributed by atoms with Crippen molar-refractivity contribution in [1.29, 1.82) is 0 Å². The van der Waals surface area contributed by atoms with Crippen molar-refractivity contribution >= 4 is 35.5 Å². The van der Waals surface area contributed by atoms with Crippen LogP contribution >= 0.6 is 11.3 Å².